The van der Waals surface area contributed by atoms with Gasteiger partial charge in [0.15, 0.2) is 0 Å². The highest BCUT2D eigenvalue weighted by Crippen LogP contribution is 2.23. The number of phenols is 1. The second-order valence-corrected chi connectivity index (χ2v) is 27.9. The van der Waals surface area contributed by atoms with Gasteiger partial charge in [-0.15, -0.1) is 0 Å². The first-order chi connectivity index (χ1) is 52.5. The number of hydrogen-bond acceptors (Lipinski definition) is 26. The molecule has 18 amide bonds. The molecule has 0 saturated carbocycles. The van der Waals surface area contributed by atoms with Crippen molar-refractivity contribution in [1.82, 2.24) is 73.6 Å². The van der Waals surface area contributed by atoms with Crippen LogP contribution in [0, 0.1) is 5.92 Å². The van der Waals surface area contributed by atoms with Crippen molar-refractivity contribution in [3.05, 3.63) is 29.8 Å². The standard InChI is InChI=1S/C68H110N20O24/c1-31(2)25-41(80-57(101)38(70)11-7-8-22-69)61(105)78-39(18-20-47(71)95)59(103)86-54(34(5)92)66(110)82-43(26-36-14-16-37(94)17-15-36)67(111)88-24-10-13-46(88)63(107)79-40(19-21-48(72)96)60(104)85-53(33(4)91)65(109)81-42(27-49(73)97)62(106)84-52(32(3)90)64(108)76-28-50(98)77-44(30-89)58(102)75-29-51(99)83-55(35(6)93)68(112)87-23-9-12-45(87)56(74)100/h14-17,31-35,38-46,52-55,89-94H,7-13,18-30,69-70H2,1-6H3,(H2,71,95)(H2,72,96)(H2,73,97)(H2,74,100)(H,75,102)(H,76,108)(H,77,98)(H,78,105)(H,79,107)(H,80,101)(H,81,109)(H,82,110)(H,83,99)(H,84,106)(H,85,104)(H,86,103)/t32-,33-,34-,35-,38+,39+,40+,41+,42+,43+,44+,45+,46+,52+,53+,54+,55+/m1/s1. The van der Waals surface area contributed by atoms with Crippen LogP contribution in [0.5, 0.6) is 5.75 Å². The molecule has 0 radical (unpaired) electrons. The number of rotatable bonds is 48. The lowest BCUT2D eigenvalue weighted by Crippen LogP contribution is -2.63. The van der Waals surface area contributed by atoms with E-state index in [4.69, 9.17) is 34.4 Å². The van der Waals surface area contributed by atoms with E-state index in [1.807, 2.05) is 0 Å². The fraction of sp³-hybridized carbons (Fsp3) is 0.647. The number of carbonyl (C=O) groups is 18. The number of carbonyl (C=O) groups excluding carboxylic acids is 18. The van der Waals surface area contributed by atoms with Crippen molar-refractivity contribution in [2.24, 2.45) is 40.3 Å². The van der Waals surface area contributed by atoms with E-state index in [2.05, 4.69) is 63.8 Å². The molecule has 626 valence electrons. The number of unbranched alkanes of at least 4 members (excludes halogenated alkanes) is 1. The maximum absolute atomic E-state index is 14.9. The van der Waals surface area contributed by atoms with Crippen molar-refractivity contribution in [1.29, 1.82) is 0 Å². The summed E-state index contributed by atoms with van der Waals surface area (Å²) in [5.41, 5.74) is 33.6. The molecule has 2 heterocycles. The number of nitrogens with two attached hydrogens (primary N) is 6. The van der Waals surface area contributed by atoms with E-state index in [0.29, 0.717) is 31.4 Å². The highest BCUT2D eigenvalue weighted by molar-refractivity contribution is 6.01. The predicted octanol–water partition coefficient (Wildman–Crippen LogP) is -12.1. The fourth-order valence-corrected chi connectivity index (χ4v) is 11.9. The number of aliphatic hydroxyl groups is 5. The summed E-state index contributed by atoms with van der Waals surface area (Å²) in [5.74, 6) is -19.9. The van der Waals surface area contributed by atoms with Crippen LogP contribution in [0.15, 0.2) is 24.3 Å². The average molecular weight is 1590 g/mol. The monoisotopic (exact) mass is 1590 g/mol. The van der Waals surface area contributed by atoms with Crippen LogP contribution >= 0.6 is 0 Å². The molecular formula is C68H110N20O24. The minimum absolute atomic E-state index is 0.0573. The second-order valence-electron chi connectivity index (χ2n) is 27.9. The molecule has 2 saturated heterocycles. The van der Waals surface area contributed by atoms with E-state index in [0.717, 1.165) is 30.6 Å². The van der Waals surface area contributed by atoms with Crippen LogP contribution < -0.4 is 98.2 Å². The van der Waals surface area contributed by atoms with Crippen molar-refractivity contribution >= 4 is 106 Å². The van der Waals surface area contributed by atoms with Gasteiger partial charge in [-0.05, 0) is 116 Å². The quantitative estimate of drug-likeness (QED) is 0.0269. The van der Waals surface area contributed by atoms with Gasteiger partial charge in [-0.25, -0.2) is 0 Å². The van der Waals surface area contributed by atoms with Gasteiger partial charge in [0.1, 0.15) is 78.3 Å². The number of nitrogens with one attached hydrogen (secondary N) is 12. The Labute approximate surface area is 644 Å². The van der Waals surface area contributed by atoms with E-state index in [9.17, 15) is 117 Å². The van der Waals surface area contributed by atoms with E-state index in [-0.39, 0.29) is 63.3 Å². The van der Waals surface area contributed by atoms with Crippen molar-refractivity contribution in [2.45, 2.75) is 234 Å². The first kappa shape index (κ1) is 95.4. The smallest absolute Gasteiger partial charge is 0.248 e. The van der Waals surface area contributed by atoms with Crippen LogP contribution in [0.3, 0.4) is 0 Å². The number of aliphatic hydroxyl groups excluding tert-OH is 5. The van der Waals surface area contributed by atoms with Gasteiger partial charge in [-0.3, -0.25) is 86.3 Å². The predicted molar refractivity (Wildman–Crippen MR) is 391 cm³/mol. The molecule has 44 heteroatoms. The van der Waals surface area contributed by atoms with Crippen molar-refractivity contribution in [3.63, 3.8) is 0 Å². The highest BCUT2D eigenvalue weighted by atomic mass is 16.3. The summed E-state index contributed by atoms with van der Waals surface area (Å²) in [6.45, 7) is 5.09. The normalized spacial score (nSPS) is 17.9. The topological polar surface area (TPSA) is 736 Å². The molecule has 0 bridgehead atoms. The second kappa shape index (κ2) is 46.8. The molecule has 1 aromatic rings. The molecular weight excluding hydrogens is 1480 g/mol. The molecule has 17 atom stereocenters. The van der Waals surface area contributed by atoms with Crippen LogP contribution in [0.4, 0.5) is 0 Å². The van der Waals surface area contributed by atoms with Gasteiger partial charge >= 0.3 is 0 Å². The number of benzene rings is 1. The maximum atomic E-state index is 14.9. The van der Waals surface area contributed by atoms with Gasteiger partial charge in [0.2, 0.25) is 106 Å². The molecule has 0 spiro atoms. The van der Waals surface area contributed by atoms with Gasteiger partial charge in [0.25, 0.3) is 0 Å². The summed E-state index contributed by atoms with van der Waals surface area (Å²) in [5, 5.41) is 90.1. The minimum atomic E-state index is -2.11. The number of hydrogen-bond donors (Lipinski definition) is 24. The molecule has 2 fully saturated rings. The summed E-state index contributed by atoms with van der Waals surface area (Å²) in [6.07, 6.45) is -8.47. The number of nitrogens with zero attached hydrogens (tertiary/aromatic N) is 2. The molecule has 0 aromatic heterocycles. The van der Waals surface area contributed by atoms with Crippen LogP contribution in [0.2, 0.25) is 0 Å². The zero-order valence-electron chi connectivity index (χ0n) is 63.2. The van der Waals surface area contributed by atoms with Crippen molar-refractivity contribution in [2.75, 3.05) is 39.3 Å². The van der Waals surface area contributed by atoms with Crippen molar-refractivity contribution in [3.8, 4) is 5.75 Å². The third kappa shape index (κ3) is 31.5. The summed E-state index contributed by atoms with van der Waals surface area (Å²) >= 11 is 0. The molecule has 44 nitrogen and oxygen atoms in total. The molecule has 0 unspecified atom stereocenters. The Morgan fingerprint density at radius 3 is 1.37 bits per heavy atom. The number of likely N-dealkylation sites (tertiary alicyclic amines) is 2. The minimum Gasteiger partial charge on any atom is -0.508 e. The van der Waals surface area contributed by atoms with Crippen LogP contribution in [-0.2, 0) is 92.7 Å². The van der Waals surface area contributed by atoms with Gasteiger partial charge in [0, 0.05) is 32.4 Å². The Morgan fingerprint density at radius 1 is 0.455 bits per heavy atom. The Kier molecular flexibility index (Phi) is 39.8. The van der Waals surface area contributed by atoms with Gasteiger partial charge in [-0.1, -0.05) is 32.4 Å². The zero-order valence-corrected chi connectivity index (χ0v) is 63.2. The summed E-state index contributed by atoms with van der Waals surface area (Å²) in [7, 11) is 0. The molecule has 2 aliphatic rings. The first-order valence-electron chi connectivity index (χ1n) is 36.4. The summed E-state index contributed by atoms with van der Waals surface area (Å²) in [6, 6.07) is -16.1. The third-order valence-electron chi connectivity index (χ3n) is 17.9. The molecule has 1 aromatic carbocycles. The average Bonchev–Trinajstić information content (AvgIpc) is 1.56. The van der Waals surface area contributed by atoms with E-state index < -0.39 is 261 Å². The lowest BCUT2D eigenvalue weighted by molar-refractivity contribution is -0.143. The van der Waals surface area contributed by atoms with Gasteiger partial charge in [-0.2, -0.15) is 0 Å². The lowest BCUT2D eigenvalue weighted by Gasteiger charge is -2.32. The van der Waals surface area contributed by atoms with Crippen molar-refractivity contribution < 1.29 is 117 Å². The molecule has 0 aliphatic carbocycles. The molecule has 3 rings (SSSR count). The van der Waals surface area contributed by atoms with Gasteiger partial charge in [0.05, 0.1) is 56.6 Å². The van der Waals surface area contributed by atoms with Gasteiger partial charge < -0.3 is 139 Å². The SMILES string of the molecule is CC(C)C[C@H](NC(=O)[C@@H](N)CCCCN)C(=O)N[C@@H](CCC(N)=O)C(=O)N[C@H](C(=O)N[C@@H](Cc1ccc(O)cc1)C(=O)N1CCC[C@H]1C(=O)N[C@@H](CCC(N)=O)C(=O)N[C@H](C(=O)N[C@@H](CC(N)=O)C(=O)N[C@H](C(=O)NCC(=O)N[C@@H](CO)C(=O)NCC(=O)N[C@H](C(=O)N1CCC[C@H]1C(N)=O)[C@@H](C)O)[C@@H](C)O)[C@@H](C)O)[C@@H](C)O. The van der Waals surface area contributed by atoms with Crippen LogP contribution in [0.1, 0.15) is 131 Å². The van der Waals surface area contributed by atoms with Crippen LogP contribution in [0.25, 0.3) is 0 Å². The van der Waals surface area contributed by atoms with E-state index in [1.165, 1.54) is 31.2 Å². The molecule has 30 N–H and O–H groups in total. The first-order valence-corrected chi connectivity index (χ1v) is 36.4. The Bertz CT molecular complexity index is 3490. The zero-order chi connectivity index (χ0) is 84.5. The van der Waals surface area contributed by atoms with E-state index in [1.54, 1.807) is 13.8 Å². The van der Waals surface area contributed by atoms with Crippen LogP contribution in [-0.4, -0.2) is 289 Å². The maximum Gasteiger partial charge on any atom is 0.248 e. The molecule has 112 heavy (non-hydrogen) atoms. The highest BCUT2D eigenvalue weighted by Gasteiger charge is 2.44. The third-order valence-corrected chi connectivity index (χ3v) is 17.9. The number of aromatic hydroxyl groups is 1. The van der Waals surface area contributed by atoms with E-state index >= 15 is 0 Å². The molecule has 2 aliphatic heterocycles. The largest absolute Gasteiger partial charge is 0.508 e. The Morgan fingerprint density at radius 2 is 0.893 bits per heavy atom. The lowest BCUT2D eigenvalue weighted by atomic mass is 10.0. The Hall–Kier alpha value is -10.8. The summed E-state index contributed by atoms with van der Waals surface area (Å²) in [4.78, 5) is 243. The summed E-state index contributed by atoms with van der Waals surface area (Å²) < 4.78 is 0. The Balaban J connectivity index is 1.81. The fourth-order valence-electron chi connectivity index (χ4n) is 11.9. The number of primary amides is 4. The number of amides is 18. The number of phenolic OH excluding ortho intramolecular Hbond substituents is 1.